The highest BCUT2D eigenvalue weighted by Gasteiger charge is 2.39. The standard InChI is InChI=1S/C15H20N2OS/c18-13(11-12-5-1-2-6-12)17-15(7-3-4-8-15)14-16-9-10-19-14/h1,5,9-10,12H,2-4,6-8,11H2,(H,17,18). The van der Waals surface area contributed by atoms with Gasteiger partial charge in [-0.15, -0.1) is 11.3 Å². The Labute approximate surface area is 118 Å². The number of nitrogens with zero attached hydrogens (tertiary/aromatic N) is 1. The smallest absolute Gasteiger partial charge is 0.221 e. The van der Waals surface area contributed by atoms with E-state index in [2.05, 4.69) is 22.5 Å². The zero-order valence-corrected chi connectivity index (χ0v) is 11.9. The predicted molar refractivity (Wildman–Crippen MR) is 76.9 cm³/mol. The van der Waals surface area contributed by atoms with Crippen molar-refractivity contribution in [2.45, 2.75) is 50.5 Å². The molecule has 1 fully saturated rings. The van der Waals surface area contributed by atoms with Gasteiger partial charge in [0, 0.05) is 18.0 Å². The monoisotopic (exact) mass is 276 g/mol. The Balaban J connectivity index is 1.68. The van der Waals surface area contributed by atoms with Gasteiger partial charge in [-0.25, -0.2) is 4.98 Å². The van der Waals surface area contributed by atoms with Crippen LogP contribution in [0.25, 0.3) is 0 Å². The van der Waals surface area contributed by atoms with Crippen molar-refractivity contribution in [3.05, 3.63) is 28.7 Å². The Bertz CT molecular complexity index is 460. The van der Waals surface area contributed by atoms with Crippen LogP contribution in [0.4, 0.5) is 0 Å². The highest BCUT2D eigenvalue weighted by Crippen LogP contribution is 2.39. The molecule has 3 rings (SSSR count). The first kappa shape index (κ1) is 12.9. The zero-order valence-electron chi connectivity index (χ0n) is 11.1. The maximum absolute atomic E-state index is 12.3. The zero-order chi connectivity index (χ0) is 13.1. The van der Waals surface area contributed by atoms with Crippen LogP contribution in [0.15, 0.2) is 23.7 Å². The summed E-state index contributed by atoms with van der Waals surface area (Å²) < 4.78 is 0. The quantitative estimate of drug-likeness (QED) is 0.857. The van der Waals surface area contributed by atoms with Gasteiger partial charge in [-0.05, 0) is 31.6 Å². The average molecular weight is 276 g/mol. The van der Waals surface area contributed by atoms with Gasteiger partial charge in [0.05, 0.1) is 5.54 Å². The molecule has 4 heteroatoms. The van der Waals surface area contributed by atoms with Crippen molar-refractivity contribution in [3.63, 3.8) is 0 Å². The lowest BCUT2D eigenvalue weighted by Gasteiger charge is -2.28. The molecule has 0 aliphatic heterocycles. The lowest BCUT2D eigenvalue weighted by Crippen LogP contribution is -2.44. The molecule has 0 bridgehead atoms. The topological polar surface area (TPSA) is 42.0 Å². The van der Waals surface area contributed by atoms with Crippen LogP contribution in [0.1, 0.15) is 50.0 Å². The molecule has 0 radical (unpaired) electrons. The van der Waals surface area contributed by atoms with Crippen molar-refractivity contribution < 1.29 is 4.79 Å². The van der Waals surface area contributed by atoms with E-state index in [-0.39, 0.29) is 11.4 Å². The minimum Gasteiger partial charge on any atom is -0.344 e. The van der Waals surface area contributed by atoms with Crippen LogP contribution < -0.4 is 5.32 Å². The van der Waals surface area contributed by atoms with Gasteiger partial charge in [0.2, 0.25) is 5.91 Å². The second-order valence-corrected chi connectivity index (χ2v) is 6.54. The van der Waals surface area contributed by atoms with Gasteiger partial charge in [0.1, 0.15) is 5.01 Å². The summed E-state index contributed by atoms with van der Waals surface area (Å²) in [6, 6.07) is 0. The third-order valence-electron chi connectivity index (χ3n) is 4.24. The lowest BCUT2D eigenvalue weighted by atomic mass is 9.97. The molecule has 19 heavy (non-hydrogen) atoms. The number of nitrogens with one attached hydrogen (secondary N) is 1. The molecule has 1 aromatic heterocycles. The third-order valence-corrected chi connectivity index (χ3v) is 5.21. The van der Waals surface area contributed by atoms with Gasteiger partial charge in [-0.3, -0.25) is 4.79 Å². The highest BCUT2D eigenvalue weighted by atomic mass is 32.1. The van der Waals surface area contributed by atoms with E-state index in [1.54, 1.807) is 11.3 Å². The normalized spacial score (nSPS) is 24.7. The number of amides is 1. The molecule has 0 spiro atoms. The van der Waals surface area contributed by atoms with Crippen molar-refractivity contribution in [2.75, 3.05) is 0 Å². The number of carbonyl (C=O) groups excluding carboxylic acids is 1. The van der Waals surface area contributed by atoms with Gasteiger partial charge in [-0.1, -0.05) is 25.0 Å². The lowest BCUT2D eigenvalue weighted by molar-refractivity contribution is -0.123. The minimum absolute atomic E-state index is 0.173. The Morgan fingerprint density at radius 1 is 1.47 bits per heavy atom. The summed E-state index contributed by atoms with van der Waals surface area (Å²) in [6.07, 6.45) is 13.5. The van der Waals surface area contributed by atoms with Crippen molar-refractivity contribution in [1.29, 1.82) is 0 Å². The first-order valence-corrected chi connectivity index (χ1v) is 8.04. The summed E-state index contributed by atoms with van der Waals surface area (Å²) >= 11 is 1.66. The fourth-order valence-corrected chi connectivity index (χ4v) is 4.11. The van der Waals surface area contributed by atoms with Crippen LogP contribution >= 0.6 is 11.3 Å². The molecule has 1 N–H and O–H groups in total. The Morgan fingerprint density at radius 2 is 2.32 bits per heavy atom. The number of hydrogen-bond acceptors (Lipinski definition) is 3. The Hall–Kier alpha value is -1.16. The molecular weight excluding hydrogens is 256 g/mol. The summed E-state index contributed by atoms with van der Waals surface area (Å²) in [4.78, 5) is 16.7. The molecule has 1 saturated carbocycles. The maximum atomic E-state index is 12.3. The van der Waals surface area contributed by atoms with E-state index in [0.717, 1.165) is 30.7 Å². The highest BCUT2D eigenvalue weighted by molar-refractivity contribution is 7.09. The van der Waals surface area contributed by atoms with E-state index in [4.69, 9.17) is 0 Å². The second-order valence-electron chi connectivity index (χ2n) is 5.64. The molecule has 1 unspecified atom stereocenters. The van der Waals surface area contributed by atoms with E-state index < -0.39 is 0 Å². The summed E-state index contributed by atoms with van der Waals surface area (Å²) in [7, 11) is 0. The second kappa shape index (κ2) is 5.45. The van der Waals surface area contributed by atoms with Crippen LogP contribution in [0, 0.1) is 5.92 Å². The molecule has 3 nitrogen and oxygen atoms in total. The van der Waals surface area contributed by atoms with E-state index in [9.17, 15) is 4.79 Å². The fraction of sp³-hybridized carbons (Fsp3) is 0.600. The molecule has 102 valence electrons. The summed E-state index contributed by atoms with van der Waals surface area (Å²) in [5.41, 5.74) is -0.173. The summed E-state index contributed by atoms with van der Waals surface area (Å²) in [6.45, 7) is 0. The van der Waals surface area contributed by atoms with E-state index in [1.807, 2.05) is 11.6 Å². The average Bonchev–Trinajstić information content (AvgIpc) is 3.11. The van der Waals surface area contributed by atoms with Gasteiger partial charge >= 0.3 is 0 Å². The maximum Gasteiger partial charge on any atom is 0.221 e. The molecule has 0 saturated heterocycles. The molecule has 1 amide bonds. The van der Waals surface area contributed by atoms with E-state index in [1.165, 1.54) is 12.8 Å². The largest absolute Gasteiger partial charge is 0.344 e. The van der Waals surface area contributed by atoms with Crippen LogP contribution in [-0.4, -0.2) is 10.9 Å². The predicted octanol–water partition coefficient (Wildman–Crippen LogP) is 3.38. The van der Waals surface area contributed by atoms with Gasteiger partial charge < -0.3 is 5.32 Å². The van der Waals surface area contributed by atoms with Crippen molar-refractivity contribution in [3.8, 4) is 0 Å². The third kappa shape index (κ3) is 2.73. The van der Waals surface area contributed by atoms with Crippen molar-refractivity contribution in [2.24, 2.45) is 5.92 Å². The fourth-order valence-electron chi connectivity index (χ4n) is 3.25. The minimum atomic E-state index is -0.173. The van der Waals surface area contributed by atoms with Crippen molar-refractivity contribution >= 4 is 17.2 Å². The van der Waals surface area contributed by atoms with Gasteiger partial charge in [0.25, 0.3) is 0 Å². The number of rotatable bonds is 4. The molecule has 1 heterocycles. The molecule has 0 aromatic carbocycles. The van der Waals surface area contributed by atoms with E-state index in [0.29, 0.717) is 12.3 Å². The number of allylic oxidation sites excluding steroid dienone is 2. The number of thiazole rings is 1. The number of aromatic nitrogens is 1. The summed E-state index contributed by atoms with van der Waals surface area (Å²) in [5.74, 6) is 0.628. The van der Waals surface area contributed by atoms with Crippen LogP contribution in [0.3, 0.4) is 0 Å². The molecule has 1 atom stereocenters. The molecular formula is C15H20N2OS. The van der Waals surface area contributed by atoms with Gasteiger partial charge in [0.15, 0.2) is 0 Å². The van der Waals surface area contributed by atoms with Crippen LogP contribution in [-0.2, 0) is 10.3 Å². The Kier molecular flexibility index (Phi) is 3.69. The Morgan fingerprint density at radius 3 is 2.95 bits per heavy atom. The van der Waals surface area contributed by atoms with Gasteiger partial charge in [-0.2, -0.15) is 0 Å². The number of hydrogen-bond donors (Lipinski definition) is 1. The molecule has 2 aliphatic carbocycles. The van der Waals surface area contributed by atoms with Crippen LogP contribution in [0.2, 0.25) is 0 Å². The first-order chi connectivity index (χ1) is 9.28. The molecule has 1 aromatic rings. The van der Waals surface area contributed by atoms with Crippen LogP contribution in [0.5, 0.6) is 0 Å². The van der Waals surface area contributed by atoms with Crippen molar-refractivity contribution in [1.82, 2.24) is 10.3 Å². The summed E-state index contributed by atoms with van der Waals surface area (Å²) in [5, 5.41) is 6.38. The number of carbonyl (C=O) groups is 1. The first-order valence-electron chi connectivity index (χ1n) is 7.16. The SMILES string of the molecule is O=C(CC1C=CCC1)NC1(c2nccs2)CCCC1. The van der Waals surface area contributed by atoms with E-state index >= 15 is 0 Å². The molecule has 2 aliphatic rings.